The van der Waals surface area contributed by atoms with E-state index >= 15 is 0 Å². The molecule has 1 heterocycles. The van der Waals surface area contributed by atoms with E-state index in [1.54, 1.807) is 0 Å². The Bertz CT molecular complexity index is 189. The summed E-state index contributed by atoms with van der Waals surface area (Å²) in [5, 5.41) is 0.615. The normalized spacial score (nSPS) is 36.0. The van der Waals surface area contributed by atoms with Gasteiger partial charge in [0.2, 0.25) is 0 Å². The topological polar surface area (TPSA) is 3.24 Å². The second-order valence-corrected chi connectivity index (χ2v) is 6.01. The molecule has 1 saturated carbocycles. The van der Waals surface area contributed by atoms with Crippen molar-refractivity contribution in [2.45, 2.75) is 50.8 Å². The molecule has 0 aromatic rings. The van der Waals surface area contributed by atoms with Crippen molar-refractivity contribution < 1.29 is 0 Å². The SMILES string of the molecule is CC(C)[C@@H]1CCN(C2CCC2)C[C@@H]1S. The van der Waals surface area contributed by atoms with Crippen LogP contribution in [0, 0.1) is 11.8 Å². The first-order chi connectivity index (χ1) is 6.68. The zero-order valence-electron chi connectivity index (χ0n) is 9.45. The third-order valence-corrected chi connectivity index (χ3v) is 4.66. The summed E-state index contributed by atoms with van der Waals surface area (Å²) in [4.78, 5) is 2.68. The Balaban J connectivity index is 1.85. The Morgan fingerprint density at radius 3 is 2.36 bits per heavy atom. The van der Waals surface area contributed by atoms with Crippen LogP contribution in [0.15, 0.2) is 0 Å². The number of thiol groups is 1. The lowest BCUT2D eigenvalue weighted by atomic mass is 9.83. The van der Waals surface area contributed by atoms with E-state index in [1.807, 2.05) is 0 Å². The van der Waals surface area contributed by atoms with Gasteiger partial charge in [-0.05, 0) is 37.6 Å². The van der Waals surface area contributed by atoms with Crippen molar-refractivity contribution in [3.05, 3.63) is 0 Å². The molecule has 1 aliphatic heterocycles. The largest absolute Gasteiger partial charge is 0.299 e. The predicted octanol–water partition coefficient (Wildman–Crippen LogP) is 2.82. The Morgan fingerprint density at radius 1 is 1.21 bits per heavy atom. The Kier molecular flexibility index (Phi) is 3.43. The van der Waals surface area contributed by atoms with Crippen molar-refractivity contribution in [1.82, 2.24) is 4.90 Å². The first-order valence-corrected chi connectivity index (χ1v) is 6.62. The number of likely N-dealkylation sites (tertiary alicyclic amines) is 1. The minimum atomic E-state index is 0.615. The molecular formula is C12H23NS. The van der Waals surface area contributed by atoms with Crippen LogP contribution in [0.5, 0.6) is 0 Å². The van der Waals surface area contributed by atoms with Crippen LogP contribution >= 0.6 is 12.6 Å². The summed E-state index contributed by atoms with van der Waals surface area (Å²) in [7, 11) is 0. The molecule has 2 heteroatoms. The van der Waals surface area contributed by atoms with Gasteiger partial charge in [0.1, 0.15) is 0 Å². The van der Waals surface area contributed by atoms with Crippen LogP contribution in [0.4, 0.5) is 0 Å². The maximum atomic E-state index is 4.77. The molecule has 2 atom stereocenters. The van der Waals surface area contributed by atoms with Gasteiger partial charge in [-0.2, -0.15) is 12.6 Å². The molecule has 0 unspecified atom stereocenters. The van der Waals surface area contributed by atoms with E-state index in [9.17, 15) is 0 Å². The smallest absolute Gasteiger partial charge is 0.0176 e. The van der Waals surface area contributed by atoms with Gasteiger partial charge in [0.25, 0.3) is 0 Å². The Morgan fingerprint density at radius 2 is 1.93 bits per heavy atom. The zero-order chi connectivity index (χ0) is 10.1. The summed E-state index contributed by atoms with van der Waals surface area (Å²) in [5.74, 6) is 1.65. The van der Waals surface area contributed by atoms with Gasteiger partial charge in [-0.15, -0.1) is 0 Å². The number of hydrogen-bond donors (Lipinski definition) is 1. The van der Waals surface area contributed by atoms with Crippen molar-refractivity contribution >= 4 is 12.6 Å². The van der Waals surface area contributed by atoms with Crippen molar-refractivity contribution in [3.63, 3.8) is 0 Å². The van der Waals surface area contributed by atoms with E-state index < -0.39 is 0 Å². The van der Waals surface area contributed by atoms with Gasteiger partial charge in [0.05, 0.1) is 0 Å². The van der Waals surface area contributed by atoms with E-state index in [0.29, 0.717) is 5.25 Å². The fraction of sp³-hybridized carbons (Fsp3) is 1.00. The van der Waals surface area contributed by atoms with Crippen LogP contribution in [0.1, 0.15) is 39.5 Å². The fourth-order valence-corrected chi connectivity index (χ4v) is 3.54. The van der Waals surface area contributed by atoms with E-state index in [0.717, 1.165) is 17.9 Å². The van der Waals surface area contributed by atoms with Gasteiger partial charge >= 0.3 is 0 Å². The molecule has 82 valence electrons. The van der Waals surface area contributed by atoms with E-state index in [2.05, 4.69) is 18.7 Å². The maximum Gasteiger partial charge on any atom is 0.0176 e. The van der Waals surface area contributed by atoms with Crippen LogP contribution in [-0.2, 0) is 0 Å². The first-order valence-electron chi connectivity index (χ1n) is 6.10. The van der Waals surface area contributed by atoms with E-state index in [-0.39, 0.29) is 0 Å². The summed E-state index contributed by atoms with van der Waals surface area (Å²) in [6.07, 6.45) is 5.69. The standard InChI is InChI=1S/C12H23NS/c1-9(2)11-6-7-13(8-12(11)14)10-4-3-5-10/h9-12,14H,3-8H2,1-2H3/t11-,12-/m0/s1. The van der Waals surface area contributed by atoms with E-state index in [1.165, 1.54) is 38.8 Å². The second-order valence-electron chi connectivity index (χ2n) is 5.34. The summed E-state index contributed by atoms with van der Waals surface area (Å²) in [6.45, 7) is 7.24. The Labute approximate surface area is 93.7 Å². The van der Waals surface area contributed by atoms with Gasteiger partial charge in [0.15, 0.2) is 0 Å². The second kappa shape index (κ2) is 4.44. The third kappa shape index (κ3) is 2.11. The molecule has 0 bridgehead atoms. The van der Waals surface area contributed by atoms with Crippen molar-refractivity contribution in [2.24, 2.45) is 11.8 Å². The Hall–Kier alpha value is 0.310. The molecule has 2 aliphatic rings. The first kappa shape index (κ1) is 10.8. The van der Waals surface area contributed by atoms with Gasteiger partial charge in [-0.1, -0.05) is 20.3 Å². The lowest BCUT2D eigenvalue weighted by molar-refractivity contribution is 0.0786. The van der Waals surface area contributed by atoms with Crippen LogP contribution in [0.3, 0.4) is 0 Å². The van der Waals surface area contributed by atoms with Gasteiger partial charge in [-0.3, -0.25) is 4.90 Å². The van der Waals surface area contributed by atoms with Crippen LogP contribution in [0.2, 0.25) is 0 Å². The average Bonchev–Trinajstić information content (AvgIpc) is 2.00. The summed E-state index contributed by atoms with van der Waals surface area (Å²) < 4.78 is 0. The highest BCUT2D eigenvalue weighted by Gasteiger charge is 2.33. The highest BCUT2D eigenvalue weighted by atomic mass is 32.1. The minimum Gasteiger partial charge on any atom is -0.299 e. The number of hydrogen-bond acceptors (Lipinski definition) is 2. The third-order valence-electron chi connectivity index (χ3n) is 4.11. The lowest BCUT2D eigenvalue weighted by Gasteiger charge is -2.45. The molecule has 14 heavy (non-hydrogen) atoms. The minimum absolute atomic E-state index is 0.615. The monoisotopic (exact) mass is 213 g/mol. The zero-order valence-corrected chi connectivity index (χ0v) is 10.3. The van der Waals surface area contributed by atoms with E-state index in [4.69, 9.17) is 12.6 Å². The summed E-state index contributed by atoms with van der Waals surface area (Å²) in [5.41, 5.74) is 0. The lowest BCUT2D eigenvalue weighted by Crippen LogP contribution is -2.50. The summed E-state index contributed by atoms with van der Waals surface area (Å²) in [6, 6.07) is 0.915. The molecular weight excluding hydrogens is 190 g/mol. The van der Waals surface area contributed by atoms with Crippen molar-refractivity contribution in [1.29, 1.82) is 0 Å². The van der Waals surface area contributed by atoms with Gasteiger partial charge < -0.3 is 0 Å². The molecule has 1 saturated heterocycles. The molecule has 0 N–H and O–H groups in total. The molecule has 0 spiro atoms. The molecule has 0 aromatic carbocycles. The number of rotatable bonds is 2. The predicted molar refractivity (Wildman–Crippen MR) is 64.9 cm³/mol. The number of nitrogens with zero attached hydrogens (tertiary/aromatic N) is 1. The molecule has 1 aliphatic carbocycles. The van der Waals surface area contributed by atoms with Gasteiger partial charge in [-0.25, -0.2) is 0 Å². The molecule has 0 aromatic heterocycles. The molecule has 2 fully saturated rings. The maximum absolute atomic E-state index is 4.77. The quantitative estimate of drug-likeness (QED) is 0.690. The molecule has 1 nitrogen and oxygen atoms in total. The fourth-order valence-electron chi connectivity index (χ4n) is 2.84. The number of piperidine rings is 1. The van der Waals surface area contributed by atoms with Crippen LogP contribution in [0.25, 0.3) is 0 Å². The van der Waals surface area contributed by atoms with Crippen molar-refractivity contribution in [2.75, 3.05) is 13.1 Å². The van der Waals surface area contributed by atoms with Crippen LogP contribution < -0.4 is 0 Å². The molecule has 0 amide bonds. The average molecular weight is 213 g/mol. The highest BCUT2D eigenvalue weighted by molar-refractivity contribution is 7.81. The van der Waals surface area contributed by atoms with Gasteiger partial charge in [0, 0.05) is 17.8 Å². The molecule has 2 rings (SSSR count). The van der Waals surface area contributed by atoms with Crippen molar-refractivity contribution in [3.8, 4) is 0 Å². The summed E-state index contributed by atoms with van der Waals surface area (Å²) >= 11 is 4.77. The van der Waals surface area contributed by atoms with Crippen LogP contribution in [-0.4, -0.2) is 29.3 Å². The highest BCUT2D eigenvalue weighted by Crippen LogP contribution is 2.33. The molecule has 0 radical (unpaired) electrons.